The van der Waals surface area contributed by atoms with Crippen LogP contribution >= 0.6 is 15.9 Å². The average molecular weight is 375 g/mol. The number of fused-ring (bicyclic) bond motifs is 1. The predicted molar refractivity (Wildman–Crippen MR) is 91.6 cm³/mol. The second-order valence-corrected chi connectivity index (χ2v) is 6.03. The summed E-state index contributed by atoms with van der Waals surface area (Å²) in [6, 6.07) is 12.7. The molecule has 0 saturated carbocycles. The lowest BCUT2D eigenvalue weighted by atomic mass is 10.2. The molecule has 1 N–H and O–H groups in total. The van der Waals surface area contributed by atoms with Crippen molar-refractivity contribution in [3.8, 4) is 5.75 Å². The molecule has 1 aromatic heterocycles. The van der Waals surface area contributed by atoms with Crippen LogP contribution in [0.4, 0.5) is 5.69 Å². The van der Waals surface area contributed by atoms with E-state index >= 15 is 0 Å². The molecule has 1 atom stereocenters. The van der Waals surface area contributed by atoms with Gasteiger partial charge in [0.25, 0.3) is 5.91 Å². The van der Waals surface area contributed by atoms with Gasteiger partial charge < -0.3 is 14.5 Å². The van der Waals surface area contributed by atoms with Crippen molar-refractivity contribution < 1.29 is 13.9 Å². The van der Waals surface area contributed by atoms with Crippen LogP contribution in [0.2, 0.25) is 0 Å². The number of ether oxygens (including phenoxy) is 1. The molecule has 0 radical (unpaired) electrons. The minimum Gasteiger partial charge on any atom is -0.481 e. The predicted octanol–water partition coefficient (Wildman–Crippen LogP) is 4.30. The SMILES string of the molecule is Cc1nc2cc(NC(=O)[C@H](C)Oc3ccc(Br)cc3)ccc2o1. The van der Waals surface area contributed by atoms with E-state index in [1.54, 1.807) is 44.2 Å². The Morgan fingerprint density at radius 2 is 2.00 bits per heavy atom. The zero-order valence-electron chi connectivity index (χ0n) is 12.7. The summed E-state index contributed by atoms with van der Waals surface area (Å²) in [5.41, 5.74) is 2.06. The van der Waals surface area contributed by atoms with Gasteiger partial charge in [-0.3, -0.25) is 4.79 Å². The molecule has 3 aromatic rings. The van der Waals surface area contributed by atoms with Crippen LogP contribution < -0.4 is 10.1 Å². The normalized spacial score (nSPS) is 12.1. The number of anilines is 1. The van der Waals surface area contributed by atoms with E-state index in [9.17, 15) is 4.79 Å². The van der Waals surface area contributed by atoms with Gasteiger partial charge in [-0.25, -0.2) is 4.98 Å². The Morgan fingerprint density at radius 1 is 1.26 bits per heavy atom. The van der Waals surface area contributed by atoms with Gasteiger partial charge in [-0.15, -0.1) is 0 Å². The van der Waals surface area contributed by atoms with Crippen molar-refractivity contribution in [2.24, 2.45) is 0 Å². The van der Waals surface area contributed by atoms with Crippen molar-refractivity contribution in [1.29, 1.82) is 0 Å². The van der Waals surface area contributed by atoms with Crippen LogP contribution in [-0.2, 0) is 4.79 Å². The standard InChI is InChI=1S/C17H15BrN2O3/c1-10(22-14-6-3-12(18)4-7-14)17(21)20-13-5-8-16-15(9-13)19-11(2)23-16/h3-10H,1-2H3,(H,20,21)/t10-/m0/s1. The quantitative estimate of drug-likeness (QED) is 0.738. The third kappa shape index (κ3) is 3.71. The molecular formula is C17H15BrN2O3. The van der Waals surface area contributed by atoms with Gasteiger partial charge in [0.2, 0.25) is 0 Å². The summed E-state index contributed by atoms with van der Waals surface area (Å²) in [6.45, 7) is 3.49. The first-order chi connectivity index (χ1) is 11.0. The average Bonchev–Trinajstić information content (AvgIpc) is 2.88. The highest BCUT2D eigenvalue weighted by Gasteiger charge is 2.15. The van der Waals surface area contributed by atoms with Crippen molar-refractivity contribution in [2.75, 3.05) is 5.32 Å². The van der Waals surface area contributed by atoms with Gasteiger partial charge in [-0.05, 0) is 49.4 Å². The maximum Gasteiger partial charge on any atom is 0.265 e. The second kappa shape index (κ2) is 6.42. The molecule has 2 aromatic carbocycles. The van der Waals surface area contributed by atoms with Crippen molar-refractivity contribution >= 4 is 38.6 Å². The van der Waals surface area contributed by atoms with E-state index in [0.29, 0.717) is 28.4 Å². The first-order valence-corrected chi connectivity index (χ1v) is 7.91. The van der Waals surface area contributed by atoms with Crippen LogP contribution in [-0.4, -0.2) is 17.0 Å². The molecule has 5 nitrogen and oxygen atoms in total. The third-order valence-corrected chi connectivity index (χ3v) is 3.79. The number of nitrogens with zero attached hydrogens (tertiary/aromatic N) is 1. The Kier molecular flexibility index (Phi) is 4.34. The summed E-state index contributed by atoms with van der Waals surface area (Å²) in [6.07, 6.45) is -0.620. The smallest absolute Gasteiger partial charge is 0.265 e. The molecule has 23 heavy (non-hydrogen) atoms. The first-order valence-electron chi connectivity index (χ1n) is 7.11. The molecule has 0 bridgehead atoms. The molecule has 118 valence electrons. The van der Waals surface area contributed by atoms with Crippen LogP contribution in [0.25, 0.3) is 11.1 Å². The monoisotopic (exact) mass is 374 g/mol. The summed E-state index contributed by atoms with van der Waals surface area (Å²) in [7, 11) is 0. The van der Waals surface area contributed by atoms with Gasteiger partial charge in [0, 0.05) is 17.1 Å². The van der Waals surface area contributed by atoms with E-state index in [4.69, 9.17) is 9.15 Å². The zero-order chi connectivity index (χ0) is 16.4. The zero-order valence-corrected chi connectivity index (χ0v) is 14.3. The Morgan fingerprint density at radius 3 is 2.74 bits per heavy atom. The van der Waals surface area contributed by atoms with Crippen LogP contribution in [0.5, 0.6) is 5.75 Å². The van der Waals surface area contributed by atoms with Gasteiger partial charge in [0.1, 0.15) is 11.3 Å². The van der Waals surface area contributed by atoms with Crippen LogP contribution in [0.1, 0.15) is 12.8 Å². The topological polar surface area (TPSA) is 64.4 Å². The Balaban J connectivity index is 1.67. The fraction of sp³-hybridized carbons (Fsp3) is 0.176. The van der Waals surface area contributed by atoms with E-state index < -0.39 is 6.10 Å². The fourth-order valence-electron chi connectivity index (χ4n) is 2.14. The summed E-state index contributed by atoms with van der Waals surface area (Å²) < 4.78 is 12.0. The number of halogens is 1. The van der Waals surface area contributed by atoms with Crippen LogP contribution in [0, 0.1) is 6.92 Å². The first kappa shape index (κ1) is 15.6. The molecular weight excluding hydrogens is 360 g/mol. The molecule has 6 heteroatoms. The lowest BCUT2D eigenvalue weighted by Crippen LogP contribution is -2.30. The molecule has 0 spiro atoms. The number of aryl methyl sites for hydroxylation is 1. The van der Waals surface area contributed by atoms with Gasteiger partial charge in [-0.2, -0.15) is 0 Å². The van der Waals surface area contributed by atoms with Crippen LogP contribution in [0.15, 0.2) is 51.4 Å². The molecule has 0 aliphatic carbocycles. The van der Waals surface area contributed by atoms with Crippen molar-refractivity contribution in [3.63, 3.8) is 0 Å². The third-order valence-electron chi connectivity index (χ3n) is 3.26. The highest BCUT2D eigenvalue weighted by molar-refractivity contribution is 9.10. The molecule has 0 unspecified atom stereocenters. The maximum atomic E-state index is 12.2. The van der Waals surface area contributed by atoms with E-state index in [2.05, 4.69) is 26.2 Å². The lowest BCUT2D eigenvalue weighted by molar-refractivity contribution is -0.122. The van der Waals surface area contributed by atoms with Gasteiger partial charge in [0.15, 0.2) is 17.6 Å². The number of carbonyl (C=O) groups is 1. The summed E-state index contributed by atoms with van der Waals surface area (Å²) in [5.74, 6) is 1.00. The highest BCUT2D eigenvalue weighted by atomic mass is 79.9. The van der Waals surface area contributed by atoms with E-state index in [1.165, 1.54) is 0 Å². The van der Waals surface area contributed by atoms with E-state index in [-0.39, 0.29) is 5.91 Å². The molecule has 0 aliphatic heterocycles. The minimum absolute atomic E-state index is 0.229. The number of nitrogens with one attached hydrogen (secondary N) is 1. The van der Waals surface area contributed by atoms with Gasteiger partial charge in [0.05, 0.1) is 0 Å². The number of hydrogen-bond acceptors (Lipinski definition) is 4. The molecule has 1 heterocycles. The number of carbonyl (C=O) groups excluding carboxylic acids is 1. The second-order valence-electron chi connectivity index (χ2n) is 5.12. The largest absolute Gasteiger partial charge is 0.481 e. The Labute approximate surface area is 141 Å². The molecule has 0 fully saturated rings. The van der Waals surface area contributed by atoms with Crippen molar-refractivity contribution in [1.82, 2.24) is 4.98 Å². The van der Waals surface area contributed by atoms with Crippen molar-refractivity contribution in [2.45, 2.75) is 20.0 Å². The fourth-order valence-corrected chi connectivity index (χ4v) is 2.40. The molecule has 0 saturated heterocycles. The van der Waals surface area contributed by atoms with Crippen LogP contribution in [0.3, 0.4) is 0 Å². The minimum atomic E-state index is -0.620. The molecule has 3 rings (SSSR count). The summed E-state index contributed by atoms with van der Waals surface area (Å²) in [5, 5.41) is 2.82. The van der Waals surface area contributed by atoms with Crippen molar-refractivity contribution in [3.05, 3.63) is 52.8 Å². The summed E-state index contributed by atoms with van der Waals surface area (Å²) >= 11 is 3.36. The van der Waals surface area contributed by atoms with E-state index in [1.807, 2.05) is 12.1 Å². The Hall–Kier alpha value is -2.34. The Bertz CT molecular complexity index is 843. The number of benzene rings is 2. The summed E-state index contributed by atoms with van der Waals surface area (Å²) in [4.78, 5) is 16.5. The van der Waals surface area contributed by atoms with Gasteiger partial charge in [-0.1, -0.05) is 15.9 Å². The number of amides is 1. The number of hydrogen-bond donors (Lipinski definition) is 1. The number of oxazole rings is 1. The van der Waals surface area contributed by atoms with Gasteiger partial charge >= 0.3 is 0 Å². The molecule has 1 amide bonds. The maximum absolute atomic E-state index is 12.2. The lowest BCUT2D eigenvalue weighted by Gasteiger charge is -2.14. The molecule has 0 aliphatic rings. The number of rotatable bonds is 4. The number of aromatic nitrogens is 1. The van der Waals surface area contributed by atoms with E-state index in [0.717, 1.165) is 4.47 Å². The highest BCUT2D eigenvalue weighted by Crippen LogP contribution is 2.21.